The van der Waals surface area contributed by atoms with Gasteiger partial charge in [0.25, 0.3) is 0 Å². The number of carboxylic acid groups (broad SMARTS) is 1. The van der Waals surface area contributed by atoms with Crippen molar-refractivity contribution in [1.82, 2.24) is 15.5 Å². The Bertz CT molecular complexity index is 665. The van der Waals surface area contributed by atoms with E-state index in [0.717, 1.165) is 5.75 Å². The highest BCUT2D eigenvalue weighted by atomic mass is 32.2. The zero-order chi connectivity index (χ0) is 25.0. The van der Waals surface area contributed by atoms with Crippen LogP contribution in [-0.4, -0.2) is 83.0 Å². The van der Waals surface area contributed by atoms with Gasteiger partial charge in [-0.1, -0.05) is 20.3 Å². The Morgan fingerprint density at radius 3 is 2.42 bits per heavy atom. The zero-order valence-electron chi connectivity index (χ0n) is 20.0. The first-order valence-electron chi connectivity index (χ1n) is 11.8. The highest BCUT2D eigenvalue weighted by molar-refractivity contribution is 7.98. The Balaban J connectivity index is 2.98. The predicted molar refractivity (Wildman–Crippen MR) is 130 cm³/mol. The van der Waals surface area contributed by atoms with Crippen LogP contribution in [0.2, 0.25) is 0 Å². The van der Waals surface area contributed by atoms with E-state index in [0.29, 0.717) is 58.0 Å². The molecule has 1 rings (SSSR count). The van der Waals surface area contributed by atoms with Gasteiger partial charge < -0.3 is 32.1 Å². The van der Waals surface area contributed by atoms with Crippen LogP contribution in [0.3, 0.4) is 0 Å². The van der Waals surface area contributed by atoms with Crippen LogP contribution in [0.5, 0.6) is 0 Å². The lowest BCUT2D eigenvalue weighted by molar-refractivity contribution is -0.149. The third-order valence-electron chi connectivity index (χ3n) is 6.15. The Morgan fingerprint density at radius 2 is 1.85 bits per heavy atom. The normalized spacial score (nSPS) is 19.4. The van der Waals surface area contributed by atoms with E-state index in [9.17, 15) is 24.3 Å². The second kappa shape index (κ2) is 15.1. The molecule has 10 nitrogen and oxygen atoms in total. The van der Waals surface area contributed by atoms with Gasteiger partial charge >= 0.3 is 5.97 Å². The van der Waals surface area contributed by atoms with Crippen LogP contribution in [0.15, 0.2) is 0 Å². The monoisotopic (exact) mass is 487 g/mol. The number of unbranched alkanes of at least 4 members (excludes halogenated alkanes) is 1. The molecule has 190 valence electrons. The third kappa shape index (κ3) is 9.13. The summed E-state index contributed by atoms with van der Waals surface area (Å²) in [6.07, 6.45) is 5.69. The molecule has 0 bridgehead atoms. The molecule has 0 aromatic heterocycles. The fourth-order valence-corrected chi connectivity index (χ4v) is 4.33. The van der Waals surface area contributed by atoms with E-state index in [2.05, 4.69) is 10.6 Å². The van der Waals surface area contributed by atoms with Gasteiger partial charge in [0.2, 0.25) is 17.7 Å². The maximum absolute atomic E-state index is 13.2. The lowest BCUT2D eigenvalue weighted by Crippen LogP contribution is -2.58. The first-order valence-corrected chi connectivity index (χ1v) is 13.2. The number of hydrogen-bond donors (Lipinski definition) is 5. The second-order valence-corrected chi connectivity index (χ2v) is 9.62. The molecule has 3 amide bonds. The van der Waals surface area contributed by atoms with Gasteiger partial charge in [-0.3, -0.25) is 14.4 Å². The summed E-state index contributed by atoms with van der Waals surface area (Å²) in [5.41, 5.74) is 11.5. The molecule has 0 saturated carbocycles. The number of thioether (sulfide) groups is 1. The van der Waals surface area contributed by atoms with E-state index in [1.165, 1.54) is 4.90 Å². The molecular formula is C22H41N5O5S. The first-order chi connectivity index (χ1) is 15.7. The first kappa shape index (κ1) is 29.2. The van der Waals surface area contributed by atoms with E-state index in [-0.39, 0.29) is 5.92 Å². The van der Waals surface area contributed by atoms with Gasteiger partial charge in [0.05, 0.1) is 6.04 Å². The Labute approximate surface area is 200 Å². The topological polar surface area (TPSA) is 168 Å². The molecular weight excluding hydrogens is 446 g/mol. The molecule has 1 fully saturated rings. The molecule has 5 atom stereocenters. The van der Waals surface area contributed by atoms with Gasteiger partial charge in [-0.15, -0.1) is 0 Å². The van der Waals surface area contributed by atoms with Crippen molar-refractivity contribution in [2.75, 3.05) is 25.1 Å². The van der Waals surface area contributed by atoms with Crippen molar-refractivity contribution in [3.8, 4) is 0 Å². The molecule has 0 spiro atoms. The molecule has 0 aromatic rings. The summed E-state index contributed by atoms with van der Waals surface area (Å²) in [6, 6.07) is -3.33. The maximum Gasteiger partial charge on any atom is 0.326 e. The van der Waals surface area contributed by atoms with Gasteiger partial charge in [0.15, 0.2) is 0 Å². The molecule has 1 heterocycles. The Kier molecular flexibility index (Phi) is 13.4. The minimum absolute atomic E-state index is 0.181. The standard InChI is InChI=1S/C22H41N5O5S/c1-4-14(2)18(26-19(28)15(24)10-13-33-3)20(29)25-16(8-5-6-11-23)21(30)27-12-7-9-17(27)22(31)32/h14-18H,4-13,23-24H2,1-3H3,(H,25,29)(H,26,28)(H,31,32). The smallest absolute Gasteiger partial charge is 0.326 e. The van der Waals surface area contributed by atoms with Crippen LogP contribution < -0.4 is 22.1 Å². The second-order valence-electron chi connectivity index (χ2n) is 8.63. The van der Waals surface area contributed by atoms with Crippen LogP contribution in [0, 0.1) is 5.92 Å². The fourth-order valence-electron chi connectivity index (χ4n) is 3.84. The van der Waals surface area contributed by atoms with Crippen LogP contribution in [-0.2, 0) is 19.2 Å². The van der Waals surface area contributed by atoms with Gasteiger partial charge in [-0.05, 0) is 63.0 Å². The molecule has 0 radical (unpaired) electrons. The van der Waals surface area contributed by atoms with Gasteiger partial charge in [-0.2, -0.15) is 11.8 Å². The van der Waals surface area contributed by atoms with E-state index in [1.54, 1.807) is 11.8 Å². The molecule has 33 heavy (non-hydrogen) atoms. The van der Waals surface area contributed by atoms with Gasteiger partial charge in [0.1, 0.15) is 18.1 Å². The van der Waals surface area contributed by atoms with Crippen LogP contribution in [0.4, 0.5) is 0 Å². The van der Waals surface area contributed by atoms with Crippen molar-refractivity contribution >= 4 is 35.5 Å². The van der Waals surface area contributed by atoms with Crippen LogP contribution in [0.1, 0.15) is 58.8 Å². The third-order valence-corrected chi connectivity index (χ3v) is 6.79. The summed E-state index contributed by atoms with van der Waals surface area (Å²) in [4.78, 5) is 51.9. The minimum Gasteiger partial charge on any atom is -0.480 e. The van der Waals surface area contributed by atoms with E-state index < -0.39 is 47.9 Å². The molecule has 1 aliphatic heterocycles. The SMILES string of the molecule is CCC(C)C(NC(=O)C(N)CCSC)C(=O)NC(CCCCN)C(=O)N1CCCC1C(=O)O. The molecule has 7 N–H and O–H groups in total. The predicted octanol–water partition coefficient (Wildman–Crippen LogP) is 0.287. The fraction of sp³-hybridized carbons (Fsp3) is 0.818. The maximum atomic E-state index is 13.2. The van der Waals surface area contributed by atoms with Crippen molar-refractivity contribution in [3.05, 3.63) is 0 Å². The number of carbonyl (C=O) groups excluding carboxylic acids is 3. The number of nitrogens with one attached hydrogen (secondary N) is 2. The number of hydrogen-bond acceptors (Lipinski definition) is 7. The van der Waals surface area contributed by atoms with Crippen molar-refractivity contribution in [1.29, 1.82) is 0 Å². The lowest BCUT2D eigenvalue weighted by atomic mass is 9.96. The van der Waals surface area contributed by atoms with Crippen molar-refractivity contribution < 1.29 is 24.3 Å². The molecule has 1 aliphatic rings. The van der Waals surface area contributed by atoms with E-state index in [4.69, 9.17) is 11.5 Å². The van der Waals surface area contributed by atoms with Crippen LogP contribution >= 0.6 is 11.8 Å². The van der Waals surface area contributed by atoms with Crippen LogP contribution in [0.25, 0.3) is 0 Å². The molecule has 0 aromatic carbocycles. The number of nitrogens with zero attached hydrogens (tertiary/aromatic N) is 1. The molecule has 1 saturated heterocycles. The van der Waals surface area contributed by atoms with Gasteiger partial charge in [-0.25, -0.2) is 4.79 Å². The number of nitrogens with two attached hydrogens (primary N) is 2. The number of amides is 3. The average molecular weight is 488 g/mol. The lowest BCUT2D eigenvalue weighted by Gasteiger charge is -2.30. The van der Waals surface area contributed by atoms with E-state index in [1.807, 2.05) is 20.1 Å². The minimum atomic E-state index is -1.04. The summed E-state index contributed by atoms with van der Waals surface area (Å²) in [7, 11) is 0. The van der Waals surface area contributed by atoms with E-state index >= 15 is 0 Å². The van der Waals surface area contributed by atoms with Crippen molar-refractivity contribution in [2.45, 2.75) is 83.0 Å². The summed E-state index contributed by atoms with van der Waals surface area (Å²) >= 11 is 1.59. The number of aliphatic carboxylic acids is 1. The summed E-state index contributed by atoms with van der Waals surface area (Å²) in [5.74, 6) is -1.77. The highest BCUT2D eigenvalue weighted by Gasteiger charge is 2.38. The summed E-state index contributed by atoms with van der Waals surface area (Å²) in [5, 5.41) is 15.0. The average Bonchev–Trinajstić information content (AvgIpc) is 3.29. The van der Waals surface area contributed by atoms with Crippen molar-refractivity contribution in [2.24, 2.45) is 17.4 Å². The molecule has 5 unspecified atom stereocenters. The largest absolute Gasteiger partial charge is 0.480 e. The van der Waals surface area contributed by atoms with Gasteiger partial charge in [0, 0.05) is 6.54 Å². The zero-order valence-corrected chi connectivity index (χ0v) is 20.9. The van der Waals surface area contributed by atoms with Crippen molar-refractivity contribution in [3.63, 3.8) is 0 Å². The number of carboxylic acids is 1. The highest BCUT2D eigenvalue weighted by Crippen LogP contribution is 2.20. The molecule has 0 aliphatic carbocycles. The Hall–Kier alpha value is -1.85. The number of likely N-dealkylation sites (tertiary alicyclic amines) is 1. The number of rotatable bonds is 15. The molecule has 11 heteroatoms. The summed E-state index contributed by atoms with van der Waals surface area (Å²) in [6.45, 7) is 4.56. The summed E-state index contributed by atoms with van der Waals surface area (Å²) < 4.78 is 0. The quantitative estimate of drug-likeness (QED) is 0.205. The number of carbonyl (C=O) groups is 4. The Morgan fingerprint density at radius 1 is 1.15 bits per heavy atom.